The second-order valence-electron chi connectivity index (χ2n) is 3.02. The first-order valence-electron chi connectivity index (χ1n) is 4.75. The van der Waals surface area contributed by atoms with Gasteiger partial charge in [0.05, 0.1) is 14.2 Å². The second-order valence-corrected chi connectivity index (χ2v) is 3.02. The summed E-state index contributed by atoms with van der Waals surface area (Å²) in [7, 11) is 3.31. The molecular weight excluding hydrogens is 178 g/mol. The van der Waals surface area contributed by atoms with Crippen molar-refractivity contribution in [2.24, 2.45) is 5.73 Å². The molecule has 0 unspecified atom stereocenters. The van der Waals surface area contributed by atoms with Crippen molar-refractivity contribution in [2.75, 3.05) is 20.8 Å². The molecule has 0 fully saturated rings. The predicted molar refractivity (Wildman–Crippen MR) is 57.9 cm³/mol. The van der Waals surface area contributed by atoms with E-state index < -0.39 is 0 Å². The minimum atomic E-state index is 0.819. The maximum absolute atomic E-state index is 5.07. The number of methoxy groups -OCH3 is 2. The summed E-state index contributed by atoms with van der Waals surface area (Å²) < 4.78 is 10.1. The van der Waals surface area contributed by atoms with Crippen LogP contribution in [0.1, 0.15) is 13.3 Å². The van der Waals surface area contributed by atoms with Crippen LogP contribution in [0.25, 0.3) is 11.1 Å². The quantitative estimate of drug-likeness (QED) is 0.815. The molecule has 0 aromatic carbocycles. The van der Waals surface area contributed by atoms with Crippen molar-refractivity contribution in [1.29, 1.82) is 0 Å². The smallest absolute Gasteiger partial charge is 0.169 e. The molecule has 0 saturated heterocycles. The molecule has 0 aromatic heterocycles. The van der Waals surface area contributed by atoms with Gasteiger partial charge < -0.3 is 15.2 Å². The van der Waals surface area contributed by atoms with Crippen LogP contribution in [-0.2, 0) is 0 Å². The Morgan fingerprint density at radius 3 is 1.57 bits per heavy atom. The van der Waals surface area contributed by atoms with Crippen LogP contribution >= 0.6 is 0 Å². The highest BCUT2D eigenvalue weighted by molar-refractivity contribution is 5.93. The minimum Gasteiger partial charge on any atom is -0.492 e. The van der Waals surface area contributed by atoms with Crippen molar-refractivity contribution in [1.82, 2.24) is 0 Å². The maximum atomic E-state index is 5.07. The Bertz CT molecular complexity index is 279. The Morgan fingerprint density at radius 2 is 1.43 bits per heavy atom. The van der Waals surface area contributed by atoms with Crippen molar-refractivity contribution >= 4 is 0 Å². The Labute approximate surface area is 84.8 Å². The molecule has 2 rings (SSSR count). The number of nitrogens with two attached hydrogens (primary N) is 1. The van der Waals surface area contributed by atoms with Gasteiger partial charge in [0.1, 0.15) is 0 Å². The number of hydrogen-bond acceptors (Lipinski definition) is 3. The highest BCUT2D eigenvalue weighted by Crippen LogP contribution is 2.54. The fourth-order valence-electron chi connectivity index (χ4n) is 1.23. The van der Waals surface area contributed by atoms with E-state index in [2.05, 4.69) is 6.92 Å². The molecule has 3 heteroatoms. The van der Waals surface area contributed by atoms with Gasteiger partial charge in [-0.1, -0.05) is 6.92 Å². The van der Waals surface area contributed by atoms with Gasteiger partial charge in [0.2, 0.25) is 0 Å². The summed E-state index contributed by atoms with van der Waals surface area (Å²) in [6.07, 6.45) is 1.10. The lowest BCUT2D eigenvalue weighted by Gasteiger charge is -2.24. The van der Waals surface area contributed by atoms with Crippen LogP contribution < -0.4 is 15.2 Å². The molecule has 0 atom stereocenters. The van der Waals surface area contributed by atoms with Gasteiger partial charge >= 0.3 is 0 Å². The monoisotopic (exact) mass is 195 g/mol. The van der Waals surface area contributed by atoms with Gasteiger partial charge in [0, 0.05) is 11.1 Å². The predicted octanol–water partition coefficient (Wildman–Crippen LogP) is 2.04. The fourth-order valence-corrected chi connectivity index (χ4v) is 1.23. The first kappa shape index (κ1) is 10.9. The van der Waals surface area contributed by atoms with Crippen LogP contribution in [0, 0.1) is 0 Å². The van der Waals surface area contributed by atoms with E-state index >= 15 is 0 Å². The largest absolute Gasteiger partial charge is 0.492 e. The highest BCUT2D eigenvalue weighted by Gasteiger charge is 2.27. The standard InChI is InChI=1S/C8H8O2.C3H9N/c1-9-7-5-3-4-6(5)8(7)10-2;1-2-3-4/h3-4H,1-2H3;2-4H2,1H3. The lowest BCUT2D eigenvalue weighted by atomic mass is 9.90. The lowest BCUT2D eigenvalue weighted by molar-refractivity contribution is 0.349. The van der Waals surface area contributed by atoms with Gasteiger partial charge in [-0.3, -0.25) is 0 Å². The summed E-state index contributed by atoms with van der Waals surface area (Å²) in [5.41, 5.74) is 7.42. The van der Waals surface area contributed by atoms with Crippen LogP contribution in [0.5, 0.6) is 11.5 Å². The number of ether oxygens (including phenoxy) is 2. The number of hydrogen-bond donors (Lipinski definition) is 1. The molecule has 2 aliphatic carbocycles. The number of benzene rings is 1. The molecule has 3 nitrogen and oxygen atoms in total. The molecule has 2 N–H and O–H groups in total. The van der Waals surface area contributed by atoms with Gasteiger partial charge in [0.15, 0.2) is 11.5 Å². The minimum absolute atomic E-state index is 0.819. The van der Waals surface area contributed by atoms with Crippen molar-refractivity contribution in [3.05, 3.63) is 12.1 Å². The molecule has 0 saturated carbocycles. The Kier molecular flexibility index (Phi) is 3.77. The molecule has 2 aliphatic rings. The first-order chi connectivity index (χ1) is 6.79. The molecule has 14 heavy (non-hydrogen) atoms. The van der Waals surface area contributed by atoms with Gasteiger partial charge in [-0.2, -0.15) is 0 Å². The molecule has 0 amide bonds. The zero-order valence-corrected chi connectivity index (χ0v) is 8.96. The van der Waals surface area contributed by atoms with E-state index in [0.717, 1.165) is 24.5 Å². The van der Waals surface area contributed by atoms with Crippen molar-refractivity contribution in [3.8, 4) is 22.6 Å². The van der Waals surface area contributed by atoms with Crippen LogP contribution in [0.4, 0.5) is 0 Å². The normalized spacial score (nSPS) is 10.0. The Hall–Kier alpha value is -1.22. The third-order valence-corrected chi connectivity index (χ3v) is 2.10. The van der Waals surface area contributed by atoms with Crippen molar-refractivity contribution in [2.45, 2.75) is 13.3 Å². The topological polar surface area (TPSA) is 44.5 Å². The molecule has 0 heterocycles. The van der Waals surface area contributed by atoms with Crippen molar-refractivity contribution in [3.63, 3.8) is 0 Å². The zero-order chi connectivity index (χ0) is 10.6. The summed E-state index contributed by atoms with van der Waals surface area (Å²) >= 11 is 0. The molecular formula is C11H17NO2. The summed E-state index contributed by atoms with van der Waals surface area (Å²) in [5.74, 6) is 1.78. The maximum Gasteiger partial charge on any atom is 0.169 e. The van der Waals surface area contributed by atoms with Crippen LogP contribution in [0.3, 0.4) is 0 Å². The highest BCUT2D eigenvalue weighted by atomic mass is 16.5. The molecule has 78 valence electrons. The van der Waals surface area contributed by atoms with E-state index in [1.807, 2.05) is 12.1 Å². The van der Waals surface area contributed by atoms with E-state index in [1.165, 1.54) is 11.1 Å². The molecule has 0 bridgehead atoms. The first-order valence-corrected chi connectivity index (χ1v) is 4.75. The van der Waals surface area contributed by atoms with Gasteiger partial charge in [-0.25, -0.2) is 0 Å². The molecule has 0 aliphatic heterocycles. The summed E-state index contributed by atoms with van der Waals surface area (Å²) in [6.45, 7) is 2.88. The summed E-state index contributed by atoms with van der Waals surface area (Å²) in [4.78, 5) is 0. The average Bonchev–Trinajstić information content (AvgIpc) is 2.20. The molecule has 0 radical (unpaired) electrons. The fraction of sp³-hybridized carbons (Fsp3) is 0.455. The van der Waals surface area contributed by atoms with Crippen LogP contribution in [0.2, 0.25) is 0 Å². The average molecular weight is 195 g/mol. The molecule has 0 aromatic rings. The zero-order valence-electron chi connectivity index (χ0n) is 8.96. The lowest BCUT2D eigenvalue weighted by Crippen LogP contribution is -2.03. The SMILES string of the molecule is CCCN.COc1c2ccc-2c1OC. The Morgan fingerprint density at radius 1 is 1.07 bits per heavy atom. The van der Waals surface area contributed by atoms with Gasteiger partial charge in [0.25, 0.3) is 0 Å². The summed E-state index contributed by atoms with van der Waals surface area (Å²) in [5, 5.41) is 0. The second kappa shape index (κ2) is 4.86. The Balaban J connectivity index is 0.000000213. The van der Waals surface area contributed by atoms with E-state index in [-0.39, 0.29) is 0 Å². The number of rotatable bonds is 3. The van der Waals surface area contributed by atoms with E-state index in [4.69, 9.17) is 15.2 Å². The third kappa shape index (κ3) is 1.68. The molecule has 0 spiro atoms. The van der Waals surface area contributed by atoms with E-state index in [0.29, 0.717) is 0 Å². The third-order valence-electron chi connectivity index (χ3n) is 2.10. The van der Waals surface area contributed by atoms with Crippen LogP contribution in [-0.4, -0.2) is 20.8 Å². The van der Waals surface area contributed by atoms with Gasteiger partial charge in [-0.15, -0.1) is 0 Å². The number of fused-ring (bicyclic) bond motifs is 1. The van der Waals surface area contributed by atoms with Crippen LogP contribution in [0.15, 0.2) is 12.1 Å². The van der Waals surface area contributed by atoms with Crippen molar-refractivity contribution < 1.29 is 9.47 Å². The van der Waals surface area contributed by atoms with E-state index in [9.17, 15) is 0 Å². The van der Waals surface area contributed by atoms with Gasteiger partial charge in [-0.05, 0) is 25.1 Å². The summed E-state index contributed by atoms with van der Waals surface area (Å²) in [6, 6.07) is 4.05. The van der Waals surface area contributed by atoms with E-state index in [1.54, 1.807) is 14.2 Å².